The van der Waals surface area contributed by atoms with Gasteiger partial charge < -0.3 is 9.47 Å². The lowest BCUT2D eigenvalue weighted by Crippen LogP contribution is -2.18. The summed E-state index contributed by atoms with van der Waals surface area (Å²) in [7, 11) is 0. The van der Waals surface area contributed by atoms with Gasteiger partial charge in [0.1, 0.15) is 0 Å². The van der Waals surface area contributed by atoms with Gasteiger partial charge in [0, 0.05) is 17.9 Å². The first-order valence-corrected chi connectivity index (χ1v) is 11.4. The maximum Gasteiger partial charge on any atom is 0.340 e. The largest absolute Gasteiger partial charge is 0.462 e. The molecule has 0 aromatic heterocycles. The van der Waals surface area contributed by atoms with E-state index in [0.717, 1.165) is 12.8 Å². The highest BCUT2D eigenvalue weighted by molar-refractivity contribution is 9.15. The van der Waals surface area contributed by atoms with Crippen LogP contribution in [0.25, 0.3) is 0 Å². The maximum absolute atomic E-state index is 12.7. The number of hydrogen-bond donors (Lipinski definition) is 0. The molecule has 1 aromatic rings. The highest BCUT2D eigenvalue weighted by Crippen LogP contribution is 2.42. The van der Waals surface area contributed by atoms with Crippen LogP contribution in [-0.2, 0) is 9.47 Å². The van der Waals surface area contributed by atoms with E-state index in [1.54, 1.807) is 0 Å². The average molecular weight is 622 g/mol. The molecule has 0 heterocycles. The molecule has 0 N–H and O–H groups in total. The van der Waals surface area contributed by atoms with Crippen LogP contribution in [0.5, 0.6) is 0 Å². The Bertz CT molecular complexity index is 615. The minimum atomic E-state index is -0.567. The van der Waals surface area contributed by atoms with E-state index < -0.39 is 11.9 Å². The molecule has 0 radical (unpaired) electrons. The predicted octanol–water partition coefficient (Wildman–Crippen LogP) is 7.14. The van der Waals surface area contributed by atoms with Gasteiger partial charge in [-0.2, -0.15) is 0 Å². The number of benzene rings is 1. The third-order valence-corrected chi connectivity index (χ3v) is 8.30. The molecule has 0 saturated carbocycles. The Morgan fingerprint density at radius 3 is 1.27 bits per heavy atom. The summed E-state index contributed by atoms with van der Waals surface area (Å²) in [6, 6.07) is 0. The van der Waals surface area contributed by atoms with E-state index in [1.807, 2.05) is 27.7 Å². The van der Waals surface area contributed by atoms with Crippen LogP contribution >= 0.6 is 63.7 Å². The van der Waals surface area contributed by atoms with E-state index in [2.05, 4.69) is 63.7 Å². The Balaban J connectivity index is 3.21. The summed E-state index contributed by atoms with van der Waals surface area (Å²) < 4.78 is 12.8. The number of hydrogen-bond acceptors (Lipinski definition) is 4. The first kappa shape index (κ1) is 24.1. The molecule has 0 fully saturated rings. The van der Waals surface area contributed by atoms with Crippen molar-refractivity contribution in [2.75, 3.05) is 13.2 Å². The molecule has 0 amide bonds. The highest BCUT2D eigenvalue weighted by atomic mass is 79.9. The van der Waals surface area contributed by atoms with Crippen molar-refractivity contribution in [1.29, 1.82) is 0 Å². The van der Waals surface area contributed by atoms with Crippen LogP contribution in [-0.4, -0.2) is 25.2 Å². The van der Waals surface area contributed by atoms with Crippen molar-refractivity contribution >= 4 is 75.7 Å². The predicted molar refractivity (Wildman–Crippen MR) is 117 cm³/mol. The second-order valence-corrected chi connectivity index (χ2v) is 9.81. The Morgan fingerprint density at radius 1 is 0.692 bits per heavy atom. The molecule has 8 heteroatoms. The van der Waals surface area contributed by atoms with E-state index in [1.165, 1.54) is 0 Å². The van der Waals surface area contributed by atoms with Crippen LogP contribution < -0.4 is 0 Å². The first-order chi connectivity index (χ1) is 12.1. The molecule has 1 aromatic carbocycles. The summed E-state index contributed by atoms with van der Waals surface area (Å²) in [5.74, 6) is -0.310. The Kier molecular flexibility index (Phi) is 10.4. The SMILES string of the molecule is CC(C)CCOC(=O)c1c(Br)c(Br)c(Br)c(Br)c1C(=O)OCCC(C)C. The molecule has 0 aliphatic carbocycles. The normalized spacial score (nSPS) is 11.2. The van der Waals surface area contributed by atoms with Gasteiger partial charge >= 0.3 is 11.9 Å². The number of halogens is 4. The van der Waals surface area contributed by atoms with Crippen molar-refractivity contribution in [2.45, 2.75) is 40.5 Å². The highest BCUT2D eigenvalue weighted by Gasteiger charge is 2.30. The van der Waals surface area contributed by atoms with Crippen LogP contribution in [0.1, 0.15) is 61.3 Å². The van der Waals surface area contributed by atoms with Crippen molar-refractivity contribution in [3.05, 3.63) is 29.0 Å². The Hall–Kier alpha value is 0.0800. The van der Waals surface area contributed by atoms with Gasteiger partial charge in [-0.3, -0.25) is 0 Å². The van der Waals surface area contributed by atoms with E-state index in [9.17, 15) is 9.59 Å². The van der Waals surface area contributed by atoms with Crippen molar-refractivity contribution < 1.29 is 19.1 Å². The quantitative estimate of drug-likeness (QED) is 0.176. The van der Waals surface area contributed by atoms with Gasteiger partial charge in [0.25, 0.3) is 0 Å². The third kappa shape index (κ3) is 6.60. The van der Waals surface area contributed by atoms with Gasteiger partial charge in [-0.1, -0.05) is 27.7 Å². The fraction of sp³-hybridized carbons (Fsp3) is 0.556. The summed E-state index contributed by atoms with van der Waals surface area (Å²) in [6.07, 6.45) is 1.49. The number of rotatable bonds is 8. The summed E-state index contributed by atoms with van der Waals surface area (Å²) >= 11 is 13.6. The summed E-state index contributed by atoms with van der Waals surface area (Å²) in [6.45, 7) is 8.77. The van der Waals surface area contributed by atoms with Crippen LogP contribution in [0, 0.1) is 11.8 Å². The molecule has 146 valence electrons. The fourth-order valence-electron chi connectivity index (χ4n) is 1.93. The Labute approximate surface area is 188 Å². The molecule has 0 aliphatic rings. The first-order valence-electron chi connectivity index (χ1n) is 8.28. The van der Waals surface area contributed by atoms with Crippen LogP contribution in [0.15, 0.2) is 17.9 Å². The van der Waals surface area contributed by atoms with Crippen molar-refractivity contribution in [1.82, 2.24) is 0 Å². The van der Waals surface area contributed by atoms with Gasteiger partial charge in [-0.05, 0) is 88.4 Å². The summed E-state index contributed by atoms with van der Waals surface area (Å²) in [4.78, 5) is 25.3. The molecule has 0 spiro atoms. The van der Waals surface area contributed by atoms with Crippen LogP contribution in [0.3, 0.4) is 0 Å². The van der Waals surface area contributed by atoms with Gasteiger partial charge in [0.15, 0.2) is 0 Å². The number of carbonyl (C=O) groups excluding carboxylic acids is 2. The molecule has 0 saturated heterocycles. The molecule has 0 unspecified atom stereocenters. The summed E-state index contributed by atoms with van der Waals surface area (Å²) in [5.41, 5.74) is 0.288. The third-order valence-electron chi connectivity index (χ3n) is 3.53. The summed E-state index contributed by atoms with van der Waals surface area (Å²) in [5, 5.41) is 0. The van der Waals surface area contributed by atoms with Gasteiger partial charge in [-0.15, -0.1) is 0 Å². The molecule has 26 heavy (non-hydrogen) atoms. The van der Waals surface area contributed by atoms with Gasteiger partial charge in [-0.25, -0.2) is 9.59 Å². The van der Waals surface area contributed by atoms with E-state index in [-0.39, 0.29) is 24.3 Å². The fourth-order valence-corrected chi connectivity index (χ4v) is 4.38. The zero-order valence-corrected chi connectivity index (χ0v) is 21.5. The zero-order valence-electron chi connectivity index (χ0n) is 15.1. The molecule has 4 nitrogen and oxygen atoms in total. The second kappa shape index (κ2) is 11.2. The van der Waals surface area contributed by atoms with E-state index in [0.29, 0.717) is 29.7 Å². The minimum Gasteiger partial charge on any atom is -0.462 e. The molecule has 0 aliphatic heterocycles. The number of esters is 2. The molecule has 0 atom stereocenters. The standard InChI is InChI=1S/C18H22Br4O4/c1-9(2)5-7-25-17(23)11-12(18(24)26-8-6-10(3)4)14(20)16(22)15(21)13(11)19/h9-10H,5-8H2,1-4H3. The lowest BCUT2D eigenvalue weighted by Gasteiger charge is -2.16. The smallest absolute Gasteiger partial charge is 0.340 e. The molecule has 1 rings (SSSR count). The van der Waals surface area contributed by atoms with Gasteiger partial charge in [0.05, 0.1) is 24.3 Å². The average Bonchev–Trinajstić information content (AvgIpc) is 2.54. The number of ether oxygens (including phenoxy) is 2. The van der Waals surface area contributed by atoms with Crippen LogP contribution in [0.4, 0.5) is 0 Å². The van der Waals surface area contributed by atoms with E-state index in [4.69, 9.17) is 9.47 Å². The van der Waals surface area contributed by atoms with Crippen molar-refractivity contribution in [2.24, 2.45) is 11.8 Å². The molecule has 0 bridgehead atoms. The lowest BCUT2D eigenvalue weighted by molar-refractivity contribution is 0.0438. The molecular weight excluding hydrogens is 600 g/mol. The lowest BCUT2D eigenvalue weighted by atomic mass is 10.1. The Morgan fingerprint density at radius 2 is 1.00 bits per heavy atom. The van der Waals surface area contributed by atoms with E-state index >= 15 is 0 Å². The monoisotopic (exact) mass is 618 g/mol. The minimum absolute atomic E-state index is 0.144. The van der Waals surface area contributed by atoms with Crippen molar-refractivity contribution in [3.63, 3.8) is 0 Å². The number of carbonyl (C=O) groups is 2. The van der Waals surface area contributed by atoms with Gasteiger partial charge in [0.2, 0.25) is 0 Å². The topological polar surface area (TPSA) is 52.6 Å². The zero-order chi connectivity index (χ0) is 20.0. The molecular formula is C18H22Br4O4. The van der Waals surface area contributed by atoms with Crippen LogP contribution in [0.2, 0.25) is 0 Å². The maximum atomic E-state index is 12.7. The second-order valence-electron chi connectivity index (χ2n) is 6.64. The van der Waals surface area contributed by atoms with Crippen molar-refractivity contribution in [3.8, 4) is 0 Å².